The smallest absolute Gasteiger partial charge is 0.239 e. The van der Waals surface area contributed by atoms with Gasteiger partial charge in [0.15, 0.2) is 0 Å². The van der Waals surface area contributed by atoms with E-state index >= 15 is 0 Å². The lowest BCUT2D eigenvalue weighted by Gasteiger charge is -2.14. The van der Waals surface area contributed by atoms with E-state index in [9.17, 15) is 4.79 Å². The zero-order valence-electron chi connectivity index (χ0n) is 9.49. The van der Waals surface area contributed by atoms with Crippen LogP contribution in [0.4, 0.5) is 11.4 Å². The number of rotatable bonds is 5. The Hall–Kier alpha value is -1.91. The van der Waals surface area contributed by atoms with Crippen molar-refractivity contribution in [3.8, 4) is 5.75 Å². The SMILES string of the molecule is CCOc1cc(NC(C)C(N)=O)ccc1N. The highest BCUT2D eigenvalue weighted by molar-refractivity contribution is 5.82. The quantitative estimate of drug-likeness (QED) is 0.648. The molecule has 0 saturated carbocycles. The van der Waals surface area contributed by atoms with E-state index in [1.54, 1.807) is 25.1 Å². The first kappa shape index (κ1) is 12.2. The van der Waals surface area contributed by atoms with Crippen LogP contribution in [0.25, 0.3) is 0 Å². The summed E-state index contributed by atoms with van der Waals surface area (Å²) < 4.78 is 5.34. The highest BCUT2D eigenvalue weighted by Gasteiger charge is 2.09. The summed E-state index contributed by atoms with van der Waals surface area (Å²) in [5, 5.41) is 2.96. The predicted molar refractivity (Wildman–Crippen MR) is 64.3 cm³/mol. The number of nitrogen functional groups attached to an aromatic ring is 1. The molecule has 1 rings (SSSR count). The van der Waals surface area contributed by atoms with Crippen molar-refractivity contribution >= 4 is 17.3 Å². The molecule has 5 N–H and O–H groups in total. The molecule has 5 heteroatoms. The lowest BCUT2D eigenvalue weighted by molar-refractivity contribution is -0.118. The van der Waals surface area contributed by atoms with Gasteiger partial charge in [-0.15, -0.1) is 0 Å². The van der Waals surface area contributed by atoms with Crippen molar-refractivity contribution in [1.29, 1.82) is 0 Å². The first-order valence-corrected chi connectivity index (χ1v) is 5.12. The highest BCUT2D eigenvalue weighted by atomic mass is 16.5. The van der Waals surface area contributed by atoms with E-state index in [2.05, 4.69) is 5.32 Å². The lowest BCUT2D eigenvalue weighted by Crippen LogP contribution is -2.32. The van der Waals surface area contributed by atoms with Gasteiger partial charge < -0.3 is 21.5 Å². The third-order valence-electron chi connectivity index (χ3n) is 2.12. The molecule has 0 heterocycles. The molecule has 1 atom stereocenters. The first-order chi connectivity index (χ1) is 7.54. The van der Waals surface area contributed by atoms with Gasteiger partial charge in [-0.2, -0.15) is 0 Å². The summed E-state index contributed by atoms with van der Waals surface area (Å²) >= 11 is 0. The minimum Gasteiger partial charge on any atom is -0.492 e. The molecule has 0 saturated heterocycles. The third kappa shape index (κ3) is 3.05. The van der Waals surface area contributed by atoms with Crippen LogP contribution in [0.15, 0.2) is 18.2 Å². The molecule has 0 aliphatic rings. The van der Waals surface area contributed by atoms with Crippen LogP contribution in [0.2, 0.25) is 0 Å². The maximum atomic E-state index is 10.9. The first-order valence-electron chi connectivity index (χ1n) is 5.12. The Morgan fingerprint density at radius 3 is 2.81 bits per heavy atom. The Balaban J connectivity index is 2.82. The number of nitrogens with two attached hydrogens (primary N) is 2. The standard InChI is InChI=1S/C11H17N3O2/c1-3-16-10-6-8(4-5-9(10)12)14-7(2)11(13)15/h4-7,14H,3,12H2,1-2H3,(H2,13,15). The number of ether oxygens (including phenoxy) is 1. The topological polar surface area (TPSA) is 90.4 Å². The number of benzene rings is 1. The number of carbonyl (C=O) groups is 1. The molecule has 0 aromatic heterocycles. The van der Waals surface area contributed by atoms with Crippen LogP contribution < -0.4 is 21.5 Å². The number of nitrogens with one attached hydrogen (secondary N) is 1. The van der Waals surface area contributed by atoms with E-state index in [1.807, 2.05) is 6.92 Å². The van der Waals surface area contributed by atoms with E-state index in [0.29, 0.717) is 18.0 Å². The summed E-state index contributed by atoms with van der Waals surface area (Å²) in [6.07, 6.45) is 0. The van der Waals surface area contributed by atoms with Gasteiger partial charge in [-0.05, 0) is 26.0 Å². The highest BCUT2D eigenvalue weighted by Crippen LogP contribution is 2.25. The van der Waals surface area contributed by atoms with Gasteiger partial charge in [0.05, 0.1) is 12.3 Å². The van der Waals surface area contributed by atoms with Gasteiger partial charge in [-0.25, -0.2) is 0 Å². The van der Waals surface area contributed by atoms with E-state index in [4.69, 9.17) is 16.2 Å². The van der Waals surface area contributed by atoms with Crippen LogP contribution in [0.1, 0.15) is 13.8 Å². The number of hydrogen-bond donors (Lipinski definition) is 3. The fourth-order valence-electron chi connectivity index (χ4n) is 1.23. The molecule has 1 amide bonds. The molecule has 1 aromatic rings. The van der Waals surface area contributed by atoms with Crippen LogP contribution in [0.5, 0.6) is 5.75 Å². The molecule has 0 radical (unpaired) electrons. The third-order valence-corrected chi connectivity index (χ3v) is 2.12. The Labute approximate surface area is 94.8 Å². The summed E-state index contributed by atoms with van der Waals surface area (Å²) in [7, 11) is 0. The number of hydrogen-bond acceptors (Lipinski definition) is 4. The molecule has 1 unspecified atom stereocenters. The van der Waals surface area contributed by atoms with Crippen molar-refractivity contribution < 1.29 is 9.53 Å². The second kappa shape index (κ2) is 5.25. The van der Waals surface area contributed by atoms with Crippen LogP contribution in [-0.4, -0.2) is 18.6 Å². The summed E-state index contributed by atoms with van der Waals surface area (Å²) in [5.74, 6) is 0.193. The van der Waals surface area contributed by atoms with E-state index < -0.39 is 11.9 Å². The molecule has 0 fully saturated rings. The van der Waals surface area contributed by atoms with Crippen LogP contribution in [0, 0.1) is 0 Å². The number of amides is 1. The normalized spacial score (nSPS) is 11.9. The Morgan fingerprint density at radius 1 is 1.56 bits per heavy atom. The molecular formula is C11H17N3O2. The molecule has 16 heavy (non-hydrogen) atoms. The van der Waals surface area contributed by atoms with Crippen molar-refractivity contribution in [2.45, 2.75) is 19.9 Å². The maximum Gasteiger partial charge on any atom is 0.239 e. The monoisotopic (exact) mass is 223 g/mol. The van der Waals surface area contributed by atoms with Gasteiger partial charge in [0.1, 0.15) is 11.8 Å². The summed E-state index contributed by atoms with van der Waals surface area (Å²) in [5.41, 5.74) is 12.2. The minimum absolute atomic E-state index is 0.408. The van der Waals surface area contributed by atoms with Gasteiger partial charge in [-0.1, -0.05) is 0 Å². The fourth-order valence-corrected chi connectivity index (χ4v) is 1.23. The Kier molecular flexibility index (Phi) is 3.99. The summed E-state index contributed by atoms with van der Waals surface area (Å²) in [4.78, 5) is 10.9. The predicted octanol–water partition coefficient (Wildman–Crippen LogP) is 0.953. The lowest BCUT2D eigenvalue weighted by atomic mass is 10.2. The second-order valence-corrected chi connectivity index (χ2v) is 3.45. The number of anilines is 2. The molecule has 5 nitrogen and oxygen atoms in total. The number of carbonyl (C=O) groups excluding carboxylic acids is 1. The van der Waals surface area contributed by atoms with Crippen molar-refractivity contribution in [2.24, 2.45) is 5.73 Å². The second-order valence-electron chi connectivity index (χ2n) is 3.45. The van der Waals surface area contributed by atoms with Gasteiger partial charge in [-0.3, -0.25) is 4.79 Å². The molecule has 0 aliphatic carbocycles. The average Bonchev–Trinajstić information content (AvgIpc) is 2.23. The van der Waals surface area contributed by atoms with Crippen LogP contribution in [-0.2, 0) is 4.79 Å². The minimum atomic E-state index is -0.432. The number of primary amides is 1. The van der Waals surface area contributed by atoms with Crippen molar-refractivity contribution in [3.05, 3.63) is 18.2 Å². The van der Waals surface area contributed by atoms with Gasteiger partial charge in [0, 0.05) is 11.8 Å². The van der Waals surface area contributed by atoms with E-state index in [0.717, 1.165) is 5.69 Å². The van der Waals surface area contributed by atoms with E-state index in [1.165, 1.54) is 0 Å². The van der Waals surface area contributed by atoms with E-state index in [-0.39, 0.29) is 0 Å². The molecule has 0 aliphatic heterocycles. The molecule has 0 bridgehead atoms. The Morgan fingerprint density at radius 2 is 2.25 bits per heavy atom. The molecule has 1 aromatic carbocycles. The average molecular weight is 223 g/mol. The van der Waals surface area contributed by atoms with Gasteiger partial charge in [0.25, 0.3) is 0 Å². The molecular weight excluding hydrogens is 206 g/mol. The van der Waals surface area contributed by atoms with Crippen molar-refractivity contribution in [3.63, 3.8) is 0 Å². The zero-order chi connectivity index (χ0) is 12.1. The van der Waals surface area contributed by atoms with Crippen LogP contribution >= 0.6 is 0 Å². The maximum absolute atomic E-state index is 10.9. The van der Waals surface area contributed by atoms with Gasteiger partial charge in [0.2, 0.25) is 5.91 Å². The van der Waals surface area contributed by atoms with Gasteiger partial charge >= 0.3 is 0 Å². The molecule has 0 spiro atoms. The van der Waals surface area contributed by atoms with Crippen molar-refractivity contribution in [1.82, 2.24) is 0 Å². The Bertz CT molecular complexity index is 379. The van der Waals surface area contributed by atoms with Crippen molar-refractivity contribution in [2.75, 3.05) is 17.7 Å². The molecule has 88 valence electrons. The zero-order valence-corrected chi connectivity index (χ0v) is 9.49. The summed E-state index contributed by atoms with van der Waals surface area (Å²) in [6.45, 7) is 4.11. The van der Waals surface area contributed by atoms with Crippen LogP contribution in [0.3, 0.4) is 0 Å². The fraction of sp³-hybridized carbons (Fsp3) is 0.364. The largest absolute Gasteiger partial charge is 0.492 e. The summed E-state index contributed by atoms with van der Waals surface area (Å²) in [6, 6.07) is 4.81.